The van der Waals surface area contributed by atoms with Gasteiger partial charge >= 0.3 is 0 Å². The number of pyridine rings is 1. The van der Waals surface area contributed by atoms with E-state index in [4.69, 9.17) is 4.98 Å². The van der Waals surface area contributed by atoms with E-state index in [9.17, 15) is 0 Å². The molecule has 27 heavy (non-hydrogen) atoms. The smallest absolute Gasteiger partial charge is 0.162 e. The van der Waals surface area contributed by atoms with Gasteiger partial charge in [-0.3, -0.25) is 4.98 Å². The molecule has 0 radical (unpaired) electrons. The van der Waals surface area contributed by atoms with Crippen molar-refractivity contribution >= 4 is 17.3 Å². The highest BCUT2D eigenvalue weighted by Crippen LogP contribution is 2.19. The van der Waals surface area contributed by atoms with Crippen molar-refractivity contribution in [2.45, 2.75) is 32.7 Å². The molecule has 7 nitrogen and oxygen atoms in total. The Balaban J connectivity index is 1.46. The van der Waals surface area contributed by atoms with Crippen LogP contribution in [0.4, 0.5) is 11.6 Å². The summed E-state index contributed by atoms with van der Waals surface area (Å²) in [6.07, 6.45) is 9.53. The van der Waals surface area contributed by atoms with Crippen molar-refractivity contribution in [1.82, 2.24) is 24.5 Å². The van der Waals surface area contributed by atoms with Gasteiger partial charge in [-0.2, -0.15) is 9.61 Å². The van der Waals surface area contributed by atoms with Crippen LogP contribution in [-0.2, 0) is 6.54 Å². The topological polar surface area (TPSA) is 70.4 Å². The van der Waals surface area contributed by atoms with Gasteiger partial charge in [0, 0.05) is 43.7 Å². The second-order valence-electron chi connectivity index (χ2n) is 7.13. The normalized spacial score (nSPS) is 15.1. The van der Waals surface area contributed by atoms with E-state index in [1.807, 2.05) is 36.0 Å². The Labute approximate surface area is 159 Å². The molecule has 1 saturated heterocycles. The van der Waals surface area contributed by atoms with Gasteiger partial charge in [0.25, 0.3) is 0 Å². The summed E-state index contributed by atoms with van der Waals surface area (Å²) in [6.45, 7) is 7.13. The lowest BCUT2D eigenvalue weighted by Gasteiger charge is -2.26. The third kappa shape index (κ3) is 4.36. The second-order valence-corrected chi connectivity index (χ2v) is 7.13. The number of hydrogen-bond donors (Lipinski definition) is 2. The van der Waals surface area contributed by atoms with Crippen LogP contribution in [0.1, 0.15) is 30.4 Å². The Morgan fingerprint density at radius 2 is 2.00 bits per heavy atom. The Hall–Kier alpha value is -2.67. The number of aromatic nitrogens is 4. The van der Waals surface area contributed by atoms with Crippen LogP contribution in [0.15, 0.2) is 36.8 Å². The average molecular weight is 365 g/mol. The molecular formula is C20H27N7. The van der Waals surface area contributed by atoms with Gasteiger partial charge in [-0.15, -0.1) is 0 Å². The van der Waals surface area contributed by atoms with Crippen LogP contribution in [0.25, 0.3) is 5.65 Å². The van der Waals surface area contributed by atoms with Gasteiger partial charge in [-0.1, -0.05) is 12.5 Å². The number of piperidine rings is 1. The fourth-order valence-corrected chi connectivity index (χ4v) is 3.51. The van der Waals surface area contributed by atoms with Crippen LogP contribution in [-0.4, -0.2) is 50.7 Å². The van der Waals surface area contributed by atoms with Crippen molar-refractivity contribution < 1.29 is 0 Å². The fourth-order valence-electron chi connectivity index (χ4n) is 3.51. The summed E-state index contributed by atoms with van der Waals surface area (Å²) in [5.74, 6) is 1.81. The van der Waals surface area contributed by atoms with Crippen LogP contribution in [0, 0.1) is 6.92 Å². The Kier molecular flexibility index (Phi) is 5.48. The molecule has 0 amide bonds. The summed E-state index contributed by atoms with van der Waals surface area (Å²) in [7, 11) is 0. The molecule has 2 N–H and O–H groups in total. The zero-order chi connectivity index (χ0) is 18.5. The van der Waals surface area contributed by atoms with Crippen LogP contribution < -0.4 is 10.6 Å². The number of hydrogen-bond acceptors (Lipinski definition) is 6. The van der Waals surface area contributed by atoms with Gasteiger partial charge in [0.15, 0.2) is 5.65 Å². The van der Waals surface area contributed by atoms with E-state index >= 15 is 0 Å². The quantitative estimate of drug-likeness (QED) is 0.671. The van der Waals surface area contributed by atoms with Gasteiger partial charge in [-0.05, 0) is 44.5 Å². The van der Waals surface area contributed by atoms with Crippen molar-refractivity contribution in [2.75, 3.05) is 36.8 Å². The summed E-state index contributed by atoms with van der Waals surface area (Å²) >= 11 is 0. The van der Waals surface area contributed by atoms with E-state index in [2.05, 4.69) is 31.7 Å². The molecule has 0 aliphatic carbocycles. The predicted molar refractivity (Wildman–Crippen MR) is 108 cm³/mol. The Bertz CT molecular complexity index is 869. The van der Waals surface area contributed by atoms with Crippen molar-refractivity contribution in [2.24, 2.45) is 0 Å². The maximum Gasteiger partial charge on any atom is 0.162 e. The highest BCUT2D eigenvalue weighted by Gasteiger charge is 2.11. The Morgan fingerprint density at radius 1 is 1.11 bits per heavy atom. The minimum atomic E-state index is 0.694. The summed E-state index contributed by atoms with van der Waals surface area (Å²) < 4.78 is 1.86. The number of fused-ring (bicyclic) bond motifs is 1. The number of rotatable bonds is 7. The van der Waals surface area contributed by atoms with E-state index in [1.54, 1.807) is 6.20 Å². The fraction of sp³-hybridized carbons (Fsp3) is 0.450. The Morgan fingerprint density at radius 3 is 2.81 bits per heavy atom. The lowest BCUT2D eigenvalue weighted by molar-refractivity contribution is 0.237. The average Bonchev–Trinajstić information content (AvgIpc) is 3.09. The molecule has 0 unspecified atom stereocenters. The molecule has 0 bridgehead atoms. The van der Waals surface area contributed by atoms with Gasteiger partial charge < -0.3 is 15.5 Å². The first-order chi connectivity index (χ1) is 13.3. The maximum absolute atomic E-state index is 4.75. The summed E-state index contributed by atoms with van der Waals surface area (Å²) in [5, 5.41) is 11.4. The van der Waals surface area contributed by atoms with E-state index in [-0.39, 0.29) is 0 Å². The number of aryl methyl sites for hydroxylation is 1. The molecule has 7 heteroatoms. The molecular weight excluding hydrogens is 338 g/mol. The van der Waals surface area contributed by atoms with Gasteiger partial charge in [0.1, 0.15) is 11.6 Å². The van der Waals surface area contributed by atoms with Crippen LogP contribution in [0.3, 0.4) is 0 Å². The van der Waals surface area contributed by atoms with Crippen LogP contribution in [0.5, 0.6) is 0 Å². The number of nitrogens with zero attached hydrogens (tertiary/aromatic N) is 5. The third-order valence-corrected chi connectivity index (χ3v) is 5.03. The molecule has 3 aromatic rings. The molecule has 3 aromatic heterocycles. The second kappa shape index (κ2) is 8.35. The standard InChI is InChI=1S/C20H27N7/c1-16-13-24-27-19(23-15-17-6-5-7-21-14-17)12-18(25-20(16)27)22-8-11-26-9-3-2-4-10-26/h5-7,12-14,23H,2-4,8-11,15H2,1H3,(H,22,25). The van der Waals surface area contributed by atoms with Gasteiger partial charge in [-0.25, -0.2) is 4.98 Å². The molecule has 0 atom stereocenters. The summed E-state index contributed by atoms with van der Waals surface area (Å²) in [5.41, 5.74) is 3.08. The van der Waals surface area contributed by atoms with Crippen molar-refractivity contribution in [3.63, 3.8) is 0 Å². The number of nitrogens with one attached hydrogen (secondary N) is 2. The summed E-state index contributed by atoms with van der Waals surface area (Å²) in [6, 6.07) is 6.04. The minimum Gasteiger partial charge on any atom is -0.369 e. The molecule has 1 aliphatic rings. The van der Waals surface area contributed by atoms with E-state index in [0.29, 0.717) is 6.54 Å². The highest BCUT2D eigenvalue weighted by molar-refractivity contribution is 5.59. The van der Waals surface area contributed by atoms with Crippen LogP contribution in [0.2, 0.25) is 0 Å². The molecule has 0 aromatic carbocycles. The minimum absolute atomic E-state index is 0.694. The van der Waals surface area contributed by atoms with Crippen molar-refractivity contribution in [3.05, 3.63) is 47.9 Å². The largest absolute Gasteiger partial charge is 0.369 e. The third-order valence-electron chi connectivity index (χ3n) is 5.03. The molecule has 0 spiro atoms. The van der Waals surface area contributed by atoms with E-state index in [0.717, 1.165) is 41.5 Å². The first-order valence-corrected chi connectivity index (χ1v) is 9.74. The first kappa shape index (κ1) is 17.7. The summed E-state index contributed by atoms with van der Waals surface area (Å²) in [4.78, 5) is 11.5. The SMILES string of the molecule is Cc1cnn2c(NCc3cccnc3)cc(NCCN3CCCCC3)nc12. The lowest BCUT2D eigenvalue weighted by Crippen LogP contribution is -2.33. The van der Waals surface area contributed by atoms with E-state index < -0.39 is 0 Å². The van der Waals surface area contributed by atoms with Gasteiger partial charge in [0.2, 0.25) is 0 Å². The zero-order valence-electron chi connectivity index (χ0n) is 15.9. The molecule has 142 valence electrons. The molecule has 1 aliphatic heterocycles. The number of likely N-dealkylation sites (tertiary alicyclic amines) is 1. The van der Waals surface area contributed by atoms with Gasteiger partial charge in [0.05, 0.1) is 6.20 Å². The number of anilines is 2. The predicted octanol–water partition coefficient (Wildman–Crippen LogP) is 2.94. The monoisotopic (exact) mass is 365 g/mol. The van der Waals surface area contributed by atoms with Crippen LogP contribution >= 0.6 is 0 Å². The highest BCUT2D eigenvalue weighted by atomic mass is 15.3. The van der Waals surface area contributed by atoms with Crippen molar-refractivity contribution in [3.8, 4) is 0 Å². The molecule has 4 heterocycles. The first-order valence-electron chi connectivity index (χ1n) is 9.74. The lowest BCUT2D eigenvalue weighted by atomic mass is 10.1. The molecule has 1 fully saturated rings. The molecule has 4 rings (SSSR count). The van der Waals surface area contributed by atoms with Crippen molar-refractivity contribution in [1.29, 1.82) is 0 Å². The van der Waals surface area contributed by atoms with E-state index in [1.165, 1.54) is 32.4 Å². The maximum atomic E-state index is 4.75. The molecule has 0 saturated carbocycles. The zero-order valence-corrected chi connectivity index (χ0v) is 15.9.